The first-order valence-electron chi connectivity index (χ1n) is 4.77. The molecule has 0 fully saturated rings. The van der Waals surface area contributed by atoms with E-state index in [9.17, 15) is 4.79 Å². The van der Waals surface area contributed by atoms with Gasteiger partial charge in [0.2, 0.25) is 0 Å². The van der Waals surface area contributed by atoms with Crippen LogP contribution in [0.1, 0.15) is 23.8 Å². The van der Waals surface area contributed by atoms with Crippen LogP contribution < -0.4 is 11.1 Å². The van der Waals surface area contributed by atoms with E-state index >= 15 is 0 Å². The molecule has 1 aromatic rings. The lowest BCUT2D eigenvalue weighted by Gasteiger charge is -2.11. The number of carbonyl (C=O) groups is 1. The third-order valence-electron chi connectivity index (χ3n) is 1.90. The van der Waals surface area contributed by atoms with Crippen LogP contribution in [0, 0.1) is 0 Å². The van der Waals surface area contributed by atoms with Gasteiger partial charge in [0.25, 0.3) is 5.91 Å². The van der Waals surface area contributed by atoms with Gasteiger partial charge in [-0.2, -0.15) is 0 Å². The Hall–Kier alpha value is -1.55. The molecular formula is C11H16ClN3O. The van der Waals surface area contributed by atoms with Crippen molar-refractivity contribution in [2.45, 2.75) is 19.4 Å². The summed E-state index contributed by atoms with van der Waals surface area (Å²) >= 11 is 0. The number of nitrogens with zero attached hydrogens (tertiary/aromatic N) is 1. The summed E-state index contributed by atoms with van der Waals surface area (Å²) in [7, 11) is 0. The number of amides is 1. The van der Waals surface area contributed by atoms with E-state index in [2.05, 4.69) is 16.9 Å². The van der Waals surface area contributed by atoms with Crippen molar-refractivity contribution in [2.24, 2.45) is 0 Å². The van der Waals surface area contributed by atoms with E-state index < -0.39 is 0 Å². The maximum Gasteiger partial charge on any atom is 0.270 e. The van der Waals surface area contributed by atoms with Gasteiger partial charge in [-0.05, 0) is 25.5 Å². The highest BCUT2D eigenvalue weighted by atomic mass is 35.5. The second-order valence-corrected chi connectivity index (χ2v) is 3.35. The van der Waals surface area contributed by atoms with Gasteiger partial charge in [-0.25, -0.2) is 4.98 Å². The van der Waals surface area contributed by atoms with Gasteiger partial charge in [0.15, 0.2) is 0 Å². The first-order chi connectivity index (χ1) is 7.13. The predicted molar refractivity (Wildman–Crippen MR) is 67.6 cm³/mol. The quantitative estimate of drug-likeness (QED) is 0.790. The number of halogens is 1. The zero-order chi connectivity index (χ0) is 11.3. The van der Waals surface area contributed by atoms with Gasteiger partial charge in [0, 0.05) is 6.04 Å². The molecule has 1 atom stereocenters. The smallest absolute Gasteiger partial charge is 0.270 e. The fraction of sp³-hybridized carbons (Fsp3) is 0.273. The molecule has 0 radical (unpaired) electrons. The van der Waals surface area contributed by atoms with E-state index in [1.807, 2.05) is 6.92 Å². The predicted octanol–water partition coefficient (Wildman–Crippen LogP) is 1.78. The van der Waals surface area contributed by atoms with Crippen molar-refractivity contribution in [3.05, 3.63) is 36.5 Å². The van der Waals surface area contributed by atoms with Gasteiger partial charge in [-0.3, -0.25) is 4.79 Å². The summed E-state index contributed by atoms with van der Waals surface area (Å²) in [6, 6.07) is 5.03. The average molecular weight is 242 g/mol. The number of nitrogens with two attached hydrogens (primary N) is 1. The molecule has 1 aromatic heterocycles. The van der Waals surface area contributed by atoms with Crippen LogP contribution in [0.4, 0.5) is 5.82 Å². The van der Waals surface area contributed by atoms with Crippen molar-refractivity contribution in [2.75, 3.05) is 5.73 Å². The van der Waals surface area contributed by atoms with E-state index in [1.165, 1.54) is 0 Å². The molecule has 1 heterocycles. The van der Waals surface area contributed by atoms with E-state index in [-0.39, 0.29) is 24.4 Å². The molecule has 0 aliphatic carbocycles. The molecule has 16 heavy (non-hydrogen) atoms. The number of hydrogen-bond donors (Lipinski definition) is 2. The van der Waals surface area contributed by atoms with Gasteiger partial charge in [-0.15, -0.1) is 19.0 Å². The monoisotopic (exact) mass is 241 g/mol. The van der Waals surface area contributed by atoms with Crippen LogP contribution in [0.2, 0.25) is 0 Å². The van der Waals surface area contributed by atoms with Crippen molar-refractivity contribution < 1.29 is 4.79 Å². The van der Waals surface area contributed by atoms with E-state index in [1.54, 1.807) is 24.3 Å². The van der Waals surface area contributed by atoms with Gasteiger partial charge >= 0.3 is 0 Å². The highest BCUT2D eigenvalue weighted by Gasteiger charge is 2.09. The molecular weight excluding hydrogens is 226 g/mol. The minimum absolute atomic E-state index is 0. The number of pyridine rings is 1. The minimum atomic E-state index is -0.211. The molecule has 88 valence electrons. The lowest BCUT2D eigenvalue weighted by molar-refractivity contribution is 0.0935. The highest BCUT2D eigenvalue weighted by Crippen LogP contribution is 2.01. The number of aromatic nitrogens is 1. The first kappa shape index (κ1) is 14.5. The molecule has 3 N–H and O–H groups in total. The SMILES string of the molecule is C=CCC(C)NC(=O)c1cccc(N)n1.Cl. The van der Waals surface area contributed by atoms with Gasteiger partial charge in [-0.1, -0.05) is 12.1 Å². The van der Waals surface area contributed by atoms with Crippen molar-refractivity contribution in [3.63, 3.8) is 0 Å². The Balaban J connectivity index is 0.00000225. The van der Waals surface area contributed by atoms with Gasteiger partial charge < -0.3 is 11.1 Å². The molecule has 1 amide bonds. The molecule has 0 saturated heterocycles. The summed E-state index contributed by atoms with van der Waals surface area (Å²) in [5.41, 5.74) is 5.82. The Bertz CT molecular complexity index is 368. The number of nitrogen functional groups attached to an aromatic ring is 1. The van der Waals surface area contributed by atoms with Gasteiger partial charge in [0.05, 0.1) is 0 Å². The van der Waals surface area contributed by atoms with Crippen LogP contribution in [-0.2, 0) is 0 Å². The van der Waals surface area contributed by atoms with Gasteiger partial charge in [0.1, 0.15) is 11.5 Å². The first-order valence-corrected chi connectivity index (χ1v) is 4.77. The Labute approximate surface area is 101 Å². The summed E-state index contributed by atoms with van der Waals surface area (Å²) < 4.78 is 0. The minimum Gasteiger partial charge on any atom is -0.384 e. The van der Waals surface area contributed by atoms with Crippen LogP contribution in [0.15, 0.2) is 30.9 Å². The molecule has 1 unspecified atom stereocenters. The molecule has 0 aliphatic heterocycles. The summed E-state index contributed by atoms with van der Waals surface area (Å²) in [6.07, 6.45) is 2.49. The van der Waals surface area contributed by atoms with Crippen LogP contribution in [-0.4, -0.2) is 16.9 Å². The topological polar surface area (TPSA) is 68.0 Å². The lowest BCUT2D eigenvalue weighted by atomic mass is 10.2. The summed E-state index contributed by atoms with van der Waals surface area (Å²) in [6.45, 7) is 5.52. The third-order valence-corrected chi connectivity index (χ3v) is 1.90. The number of nitrogens with one attached hydrogen (secondary N) is 1. The zero-order valence-electron chi connectivity index (χ0n) is 9.14. The lowest BCUT2D eigenvalue weighted by Crippen LogP contribution is -2.32. The van der Waals surface area contributed by atoms with E-state index in [0.29, 0.717) is 11.5 Å². The maximum atomic E-state index is 11.6. The number of rotatable bonds is 4. The highest BCUT2D eigenvalue weighted by molar-refractivity contribution is 5.92. The molecule has 1 rings (SSSR count). The standard InChI is InChI=1S/C11H15N3O.ClH/c1-3-5-8(2)13-11(15)9-6-4-7-10(12)14-9;/h3-4,6-8H,1,5H2,2H3,(H2,12,14)(H,13,15);1H. The Kier molecular flexibility index (Phi) is 6.18. The number of carbonyl (C=O) groups excluding carboxylic acids is 1. The summed E-state index contributed by atoms with van der Waals surface area (Å²) in [5.74, 6) is 0.135. The zero-order valence-corrected chi connectivity index (χ0v) is 9.96. The number of anilines is 1. The normalized spacial score (nSPS) is 11.1. The maximum absolute atomic E-state index is 11.6. The van der Waals surface area contributed by atoms with E-state index in [4.69, 9.17) is 5.73 Å². The third kappa shape index (κ3) is 4.31. The molecule has 0 aromatic carbocycles. The van der Waals surface area contributed by atoms with Crippen molar-refractivity contribution in [3.8, 4) is 0 Å². The van der Waals surface area contributed by atoms with Crippen LogP contribution in [0.25, 0.3) is 0 Å². The molecule has 5 heteroatoms. The second-order valence-electron chi connectivity index (χ2n) is 3.35. The fourth-order valence-corrected chi connectivity index (χ4v) is 1.18. The summed E-state index contributed by atoms with van der Waals surface area (Å²) in [4.78, 5) is 15.5. The second kappa shape index (κ2) is 6.85. The van der Waals surface area contributed by atoms with Crippen LogP contribution in [0.5, 0.6) is 0 Å². The fourth-order valence-electron chi connectivity index (χ4n) is 1.18. The largest absolute Gasteiger partial charge is 0.384 e. The summed E-state index contributed by atoms with van der Waals surface area (Å²) in [5, 5.41) is 2.80. The van der Waals surface area contributed by atoms with Crippen LogP contribution in [0.3, 0.4) is 0 Å². The Morgan fingerprint density at radius 1 is 1.69 bits per heavy atom. The Morgan fingerprint density at radius 3 is 2.94 bits per heavy atom. The van der Waals surface area contributed by atoms with Crippen LogP contribution >= 0.6 is 12.4 Å². The molecule has 4 nitrogen and oxygen atoms in total. The molecule has 0 bridgehead atoms. The molecule has 0 spiro atoms. The van der Waals surface area contributed by atoms with Crippen molar-refractivity contribution in [1.82, 2.24) is 10.3 Å². The van der Waals surface area contributed by atoms with E-state index in [0.717, 1.165) is 6.42 Å². The van der Waals surface area contributed by atoms with Crippen molar-refractivity contribution in [1.29, 1.82) is 0 Å². The number of hydrogen-bond acceptors (Lipinski definition) is 3. The molecule has 0 aliphatic rings. The van der Waals surface area contributed by atoms with Crippen molar-refractivity contribution >= 4 is 24.1 Å². The average Bonchev–Trinajstić information content (AvgIpc) is 2.18. The Morgan fingerprint density at radius 2 is 2.38 bits per heavy atom. The molecule has 0 saturated carbocycles.